The van der Waals surface area contributed by atoms with Crippen molar-refractivity contribution in [2.75, 3.05) is 4.90 Å². The molecular weight excluding hydrogens is 422 g/mol. The minimum absolute atomic E-state index is 0.166. The lowest BCUT2D eigenvalue weighted by Gasteiger charge is -2.53. The van der Waals surface area contributed by atoms with Crippen molar-refractivity contribution in [3.8, 4) is 0 Å². The van der Waals surface area contributed by atoms with Crippen LogP contribution in [-0.2, 0) is 19.8 Å². The lowest BCUT2D eigenvalue weighted by atomic mass is 9.46. The highest BCUT2D eigenvalue weighted by Crippen LogP contribution is 2.65. The van der Waals surface area contributed by atoms with Crippen LogP contribution in [0.15, 0.2) is 91.0 Å². The molecule has 4 aliphatic rings. The first-order chi connectivity index (χ1) is 16.7. The molecule has 1 aliphatic heterocycles. The molecule has 2 atom stereocenters. The molecule has 0 radical (unpaired) electrons. The number of aldehydes is 1. The second-order valence-corrected chi connectivity index (χ2v) is 9.54. The number of anilines is 1. The summed E-state index contributed by atoms with van der Waals surface area (Å²) in [6, 6.07) is 29.7. The van der Waals surface area contributed by atoms with Gasteiger partial charge in [-0.1, -0.05) is 78.9 Å². The van der Waals surface area contributed by atoms with Gasteiger partial charge in [0.2, 0.25) is 11.8 Å². The summed E-state index contributed by atoms with van der Waals surface area (Å²) in [5.41, 5.74) is 3.89. The molecule has 34 heavy (non-hydrogen) atoms. The Hall–Kier alpha value is -4.05. The van der Waals surface area contributed by atoms with Crippen molar-refractivity contribution in [1.29, 1.82) is 0 Å². The van der Waals surface area contributed by atoms with Crippen molar-refractivity contribution >= 4 is 34.6 Å². The summed E-state index contributed by atoms with van der Waals surface area (Å²) in [6.07, 6.45) is 1.08. The second kappa shape index (κ2) is 6.73. The minimum atomic E-state index is -0.841. The third-order valence-electron chi connectivity index (χ3n) is 8.19. The van der Waals surface area contributed by atoms with Crippen molar-refractivity contribution in [3.05, 3.63) is 113 Å². The Bertz CT molecular complexity index is 1490. The molecule has 1 saturated heterocycles. The van der Waals surface area contributed by atoms with Crippen molar-refractivity contribution < 1.29 is 14.4 Å². The van der Waals surface area contributed by atoms with Crippen LogP contribution >= 0.6 is 0 Å². The second-order valence-electron chi connectivity index (χ2n) is 9.54. The van der Waals surface area contributed by atoms with Gasteiger partial charge in [0.15, 0.2) is 0 Å². The smallest absolute Gasteiger partial charge is 0.238 e. The Kier molecular flexibility index (Phi) is 3.85. The number of carbonyl (C=O) groups is 3. The molecule has 2 bridgehead atoms. The summed E-state index contributed by atoms with van der Waals surface area (Å²) in [7, 11) is 0. The SMILES string of the molecule is O=CCC12c3ccccc3C(c3ccccc31)C1C(=O)N(c3ccc4ccccc4c3)C(=O)C12. The fourth-order valence-electron chi connectivity index (χ4n) is 6.98. The number of nitrogens with zero attached hydrogens (tertiary/aromatic N) is 1. The van der Waals surface area contributed by atoms with Crippen molar-refractivity contribution in [2.24, 2.45) is 11.8 Å². The zero-order valence-corrected chi connectivity index (χ0v) is 18.3. The van der Waals surface area contributed by atoms with Gasteiger partial charge in [0.1, 0.15) is 6.29 Å². The zero-order chi connectivity index (χ0) is 23.0. The van der Waals surface area contributed by atoms with Crippen LogP contribution in [0.4, 0.5) is 5.69 Å². The molecule has 0 aromatic heterocycles. The Morgan fingerprint density at radius 2 is 1.35 bits per heavy atom. The van der Waals surface area contributed by atoms with Crippen LogP contribution in [-0.4, -0.2) is 18.1 Å². The first-order valence-electron chi connectivity index (χ1n) is 11.7. The molecule has 3 aliphatic carbocycles. The fraction of sp³-hybridized carbons (Fsp3) is 0.167. The van der Waals surface area contributed by atoms with Gasteiger partial charge in [-0.05, 0) is 45.2 Å². The van der Waals surface area contributed by atoms with Crippen LogP contribution in [0.1, 0.15) is 34.6 Å². The van der Waals surface area contributed by atoms with Crippen molar-refractivity contribution in [3.63, 3.8) is 0 Å². The van der Waals surface area contributed by atoms with Crippen LogP contribution in [0.5, 0.6) is 0 Å². The third-order valence-corrected chi connectivity index (χ3v) is 8.19. The third kappa shape index (κ3) is 2.21. The summed E-state index contributed by atoms with van der Waals surface area (Å²) < 4.78 is 0. The van der Waals surface area contributed by atoms with Gasteiger partial charge in [-0.15, -0.1) is 0 Å². The monoisotopic (exact) mass is 443 g/mol. The van der Waals surface area contributed by atoms with Crippen LogP contribution in [0.2, 0.25) is 0 Å². The van der Waals surface area contributed by atoms with Gasteiger partial charge in [-0.25, -0.2) is 4.90 Å². The Morgan fingerprint density at radius 1 is 0.735 bits per heavy atom. The Morgan fingerprint density at radius 3 is 2.03 bits per heavy atom. The van der Waals surface area contributed by atoms with E-state index >= 15 is 0 Å². The maximum atomic E-state index is 14.2. The molecule has 4 nitrogen and oxygen atoms in total. The molecule has 2 unspecified atom stereocenters. The normalized spacial score (nSPS) is 26.4. The van der Waals surface area contributed by atoms with Gasteiger partial charge < -0.3 is 4.79 Å². The average molecular weight is 444 g/mol. The van der Waals surface area contributed by atoms with Crippen molar-refractivity contribution in [2.45, 2.75) is 17.8 Å². The van der Waals surface area contributed by atoms with E-state index in [1.54, 1.807) is 0 Å². The Balaban J connectivity index is 1.48. The van der Waals surface area contributed by atoms with E-state index in [-0.39, 0.29) is 24.2 Å². The summed E-state index contributed by atoms with van der Waals surface area (Å²) in [4.78, 5) is 41.7. The number of rotatable bonds is 3. The molecule has 1 fully saturated rings. The van der Waals surface area contributed by atoms with E-state index in [1.807, 2.05) is 78.9 Å². The first-order valence-corrected chi connectivity index (χ1v) is 11.7. The molecule has 8 rings (SSSR count). The topological polar surface area (TPSA) is 54.5 Å². The summed E-state index contributed by atoms with van der Waals surface area (Å²) in [6.45, 7) is 0. The fourth-order valence-corrected chi connectivity index (χ4v) is 6.98. The van der Waals surface area contributed by atoms with Crippen LogP contribution in [0.25, 0.3) is 10.8 Å². The van der Waals surface area contributed by atoms with E-state index in [2.05, 4.69) is 12.1 Å². The lowest BCUT2D eigenvalue weighted by molar-refractivity contribution is -0.124. The molecule has 164 valence electrons. The quantitative estimate of drug-likeness (QED) is 0.332. The maximum Gasteiger partial charge on any atom is 0.238 e. The standard InChI is InChI=1S/C30H21NO3/c32-16-15-30-23-11-5-3-9-21(23)25(22-10-4-6-12-24(22)30)26-27(30)29(34)31(28(26)33)20-14-13-18-7-1-2-8-19(18)17-20/h1-14,16-17,25-27H,15H2. The van der Waals surface area contributed by atoms with Crippen molar-refractivity contribution in [1.82, 2.24) is 0 Å². The lowest BCUT2D eigenvalue weighted by Crippen LogP contribution is -2.53. The van der Waals surface area contributed by atoms with Gasteiger partial charge in [-0.3, -0.25) is 9.59 Å². The molecular formula is C30H21NO3. The van der Waals surface area contributed by atoms with Gasteiger partial charge in [0.05, 0.1) is 17.5 Å². The molecule has 1 heterocycles. The number of carbonyl (C=O) groups excluding carboxylic acids is 3. The van der Waals surface area contributed by atoms with E-state index < -0.39 is 17.3 Å². The molecule has 2 amide bonds. The van der Waals surface area contributed by atoms with Crippen LogP contribution < -0.4 is 4.90 Å². The number of amides is 2. The number of benzene rings is 4. The van der Waals surface area contributed by atoms with Crippen LogP contribution in [0.3, 0.4) is 0 Å². The minimum Gasteiger partial charge on any atom is -0.303 e. The van der Waals surface area contributed by atoms with Gasteiger partial charge >= 0.3 is 0 Å². The summed E-state index contributed by atoms with van der Waals surface area (Å²) in [5.74, 6) is -1.71. The van der Waals surface area contributed by atoms with E-state index in [0.29, 0.717) is 5.69 Å². The molecule has 0 N–H and O–H groups in total. The number of hydrogen-bond donors (Lipinski definition) is 0. The first kappa shape index (κ1) is 19.4. The summed E-state index contributed by atoms with van der Waals surface area (Å²) >= 11 is 0. The maximum absolute atomic E-state index is 14.2. The van der Waals surface area contributed by atoms with Crippen LogP contribution in [0, 0.1) is 11.8 Å². The summed E-state index contributed by atoms with van der Waals surface area (Å²) in [5, 5.41) is 2.03. The number of hydrogen-bond acceptors (Lipinski definition) is 3. The molecule has 4 heteroatoms. The van der Waals surface area contributed by atoms with E-state index in [4.69, 9.17) is 0 Å². The predicted molar refractivity (Wildman–Crippen MR) is 130 cm³/mol. The Labute approximate surface area is 196 Å². The van der Waals surface area contributed by atoms with E-state index in [1.165, 1.54) is 4.90 Å². The largest absolute Gasteiger partial charge is 0.303 e. The molecule has 0 saturated carbocycles. The highest BCUT2D eigenvalue weighted by molar-refractivity contribution is 6.24. The van der Waals surface area contributed by atoms with E-state index in [0.717, 1.165) is 39.3 Å². The highest BCUT2D eigenvalue weighted by atomic mass is 16.2. The molecule has 4 aromatic rings. The number of imide groups is 1. The van der Waals surface area contributed by atoms with Gasteiger partial charge in [-0.2, -0.15) is 0 Å². The number of fused-ring (bicyclic) bond motifs is 1. The predicted octanol–water partition coefficient (Wildman–Crippen LogP) is 4.98. The molecule has 0 spiro atoms. The van der Waals surface area contributed by atoms with Gasteiger partial charge in [0.25, 0.3) is 0 Å². The molecule has 4 aromatic carbocycles. The van der Waals surface area contributed by atoms with Gasteiger partial charge in [0, 0.05) is 17.8 Å². The average Bonchev–Trinajstić information content (AvgIpc) is 3.15. The zero-order valence-electron chi connectivity index (χ0n) is 18.3. The highest BCUT2D eigenvalue weighted by Gasteiger charge is 2.67. The van der Waals surface area contributed by atoms with E-state index in [9.17, 15) is 14.4 Å².